The number of benzene rings is 2. The van der Waals surface area contributed by atoms with Crippen molar-refractivity contribution in [1.82, 2.24) is 4.90 Å². The topological polar surface area (TPSA) is 68.2 Å². The highest BCUT2D eigenvalue weighted by molar-refractivity contribution is 5.73. The number of aliphatic carboxylic acids is 1. The lowest BCUT2D eigenvalue weighted by Crippen LogP contribution is -2.37. The molecule has 0 spiro atoms. The molecule has 4 atom stereocenters. The maximum absolute atomic E-state index is 12.6. The standard InChI is InChI=1S/C27H33NO5/c1-18-5-4-6-19(13-18)15-28-16-22(20-8-11-24-25(14-20)33-17-32-24)26(27(29)30)23(28)10-9-21-7-2-3-12-31-21/h4-6,8,11,13-14,21-23,26H,2-3,7,9-10,12,15-17H2,1H3,(H,29,30)/t21?,22?,23?,26-/m1/s1. The molecule has 3 heterocycles. The first kappa shape index (κ1) is 22.2. The van der Waals surface area contributed by atoms with Gasteiger partial charge in [-0.3, -0.25) is 9.69 Å². The van der Waals surface area contributed by atoms with Crippen LogP contribution in [0.3, 0.4) is 0 Å². The average Bonchev–Trinajstić information content (AvgIpc) is 3.42. The third kappa shape index (κ3) is 4.87. The molecule has 0 amide bonds. The molecule has 3 aliphatic rings. The molecule has 6 nitrogen and oxygen atoms in total. The molecule has 0 saturated carbocycles. The number of carboxylic acid groups (broad SMARTS) is 1. The van der Waals surface area contributed by atoms with Crippen LogP contribution in [0.2, 0.25) is 0 Å². The van der Waals surface area contributed by atoms with E-state index in [0.29, 0.717) is 12.3 Å². The van der Waals surface area contributed by atoms with Crippen molar-refractivity contribution in [2.45, 2.75) is 63.6 Å². The van der Waals surface area contributed by atoms with E-state index in [2.05, 4.69) is 36.1 Å². The second-order valence-electron chi connectivity index (χ2n) is 9.63. The maximum Gasteiger partial charge on any atom is 0.308 e. The van der Waals surface area contributed by atoms with Gasteiger partial charge in [-0.15, -0.1) is 0 Å². The highest BCUT2D eigenvalue weighted by atomic mass is 16.7. The van der Waals surface area contributed by atoms with Crippen LogP contribution in [0.1, 0.15) is 54.7 Å². The SMILES string of the molecule is Cc1cccc(CN2CC(c3ccc4c(c3)OCO4)[C@@H](C(=O)O)C2CCC2CCCCO2)c1. The van der Waals surface area contributed by atoms with Crippen molar-refractivity contribution >= 4 is 5.97 Å². The summed E-state index contributed by atoms with van der Waals surface area (Å²) in [6.45, 7) is 4.60. The van der Waals surface area contributed by atoms with Gasteiger partial charge in [0, 0.05) is 31.7 Å². The van der Waals surface area contributed by atoms with Crippen LogP contribution in [-0.4, -0.2) is 48.1 Å². The Hall–Kier alpha value is -2.57. The van der Waals surface area contributed by atoms with Crippen molar-refractivity contribution in [3.8, 4) is 11.5 Å². The first-order valence-corrected chi connectivity index (χ1v) is 12.1. The molecule has 0 aromatic heterocycles. The lowest BCUT2D eigenvalue weighted by molar-refractivity contribution is -0.143. The van der Waals surface area contributed by atoms with E-state index >= 15 is 0 Å². The number of carbonyl (C=O) groups is 1. The smallest absolute Gasteiger partial charge is 0.308 e. The first-order chi connectivity index (χ1) is 16.1. The molecule has 0 bridgehead atoms. The van der Waals surface area contributed by atoms with Gasteiger partial charge < -0.3 is 19.3 Å². The van der Waals surface area contributed by atoms with Crippen molar-refractivity contribution in [2.75, 3.05) is 19.9 Å². The Labute approximate surface area is 195 Å². The molecular weight excluding hydrogens is 418 g/mol. The van der Waals surface area contributed by atoms with Crippen LogP contribution < -0.4 is 9.47 Å². The summed E-state index contributed by atoms with van der Waals surface area (Å²) >= 11 is 0. The molecule has 0 radical (unpaired) electrons. The predicted molar refractivity (Wildman–Crippen MR) is 125 cm³/mol. The van der Waals surface area contributed by atoms with Crippen molar-refractivity contribution in [3.05, 3.63) is 59.2 Å². The van der Waals surface area contributed by atoms with Gasteiger partial charge in [-0.1, -0.05) is 35.9 Å². The molecule has 3 aliphatic heterocycles. The Morgan fingerprint density at radius 3 is 2.76 bits per heavy atom. The molecule has 176 valence electrons. The summed E-state index contributed by atoms with van der Waals surface area (Å²) in [5.74, 6) is 0.143. The van der Waals surface area contributed by atoms with Gasteiger partial charge in [0.05, 0.1) is 12.0 Å². The molecule has 2 aromatic rings. The van der Waals surface area contributed by atoms with E-state index in [1.54, 1.807) is 0 Å². The van der Waals surface area contributed by atoms with E-state index in [1.165, 1.54) is 17.5 Å². The predicted octanol–water partition coefficient (Wildman–Crippen LogP) is 4.74. The van der Waals surface area contributed by atoms with Crippen LogP contribution in [0.5, 0.6) is 11.5 Å². The van der Waals surface area contributed by atoms with Crippen molar-refractivity contribution in [1.29, 1.82) is 0 Å². The third-order valence-corrected chi connectivity index (χ3v) is 7.38. The van der Waals surface area contributed by atoms with Gasteiger partial charge in [-0.25, -0.2) is 0 Å². The summed E-state index contributed by atoms with van der Waals surface area (Å²) in [6.07, 6.45) is 5.39. The molecule has 33 heavy (non-hydrogen) atoms. The fourth-order valence-electron chi connectivity index (χ4n) is 5.77. The van der Waals surface area contributed by atoms with Crippen LogP contribution >= 0.6 is 0 Å². The van der Waals surface area contributed by atoms with Crippen LogP contribution in [0.15, 0.2) is 42.5 Å². The lowest BCUT2D eigenvalue weighted by atomic mass is 9.83. The monoisotopic (exact) mass is 451 g/mol. The first-order valence-electron chi connectivity index (χ1n) is 12.1. The summed E-state index contributed by atoms with van der Waals surface area (Å²) in [7, 11) is 0. The van der Waals surface area contributed by atoms with Crippen molar-refractivity contribution in [3.63, 3.8) is 0 Å². The van der Waals surface area contributed by atoms with Crippen molar-refractivity contribution in [2.24, 2.45) is 5.92 Å². The molecule has 6 heteroatoms. The third-order valence-electron chi connectivity index (χ3n) is 7.38. The minimum absolute atomic E-state index is 0.0380. The number of aryl methyl sites for hydroxylation is 1. The van der Waals surface area contributed by atoms with E-state index in [0.717, 1.165) is 50.1 Å². The molecule has 2 fully saturated rings. The molecule has 5 rings (SSSR count). The Morgan fingerprint density at radius 1 is 1.09 bits per heavy atom. The van der Waals surface area contributed by atoms with E-state index in [9.17, 15) is 9.90 Å². The van der Waals surface area contributed by atoms with Crippen LogP contribution in [0, 0.1) is 12.8 Å². The Morgan fingerprint density at radius 2 is 1.97 bits per heavy atom. The van der Waals surface area contributed by atoms with E-state index in [1.807, 2.05) is 18.2 Å². The van der Waals surface area contributed by atoms with Crippen molar-refractivity contribution < 1.29 is 24.1 Å². The summed E-state index contributed by atoms with van der Waals surface area (Å²) < 4.78 is 17.0. The summed E-state index contributed by atoms with van der Waals surface area (Å²) in [5.41, 5.74) is 3.46. The number of hydrogen-bond donors (Lipinski definition) is 1. The minimum atomic E-state index is -0.723. The van der Waals surface area contributed by atoms with Crippen LogP contribution in [0.4, 0.5) is 0 Å². The summed E-state index contributed by atoms with van der Waals surface area (Å²) in [6, 6.07) is 14.4. The maximum atomic E-state index is 12.6. The largest absolute Gasteiger partial charge is 0.481 e. The Bertz CT molecular complexity index is 986. The van der Waals surface area contributed by atoms with Gasteiger partial charge in [0.15, 0.2) is 11.5 Å². The molecule has 2 aromatic carbocycles. The van der Waals surface area contributed by atoms with Crippen LogP contribution in [0.25, 0.3) is 0 Å². The zero-order valence-electron chi connectivity index (χ0n) is 19.2. The Balaban J connectivity index is 1.42. The summed E-state index contributed by atoms with van der Waals surface area (Å²) in [5, 5.41) is 10.4. The molecule has 3 unspecified atom stereocenters. The Kier molecular flexibility index (Phi) is 6.56. The second kappa shape index (κ2) is 9.74. The zero-order valence-corrected chi connectivity index (χ0v) is 19.2. The highest BCUT2D eigenvalue weighted by Gasteiger charge is 2.46. The van der Waals surface area contributed by atoms with Gasteiger partial charge in [0.25, 0.3) is 0 Å². The molecule has 0 aliphatic carbocycles. The van der Waals surface area contributed by atoms with E-state index in [4.69, 9.17) is 14.2 Å². The lowest BCUT2D eigenvalue weighted by Gasteiger charge is -2.30. The summed E-state index contributed by atoms with van der Waals surface area (Å²) in [4.78, 5) is 15.0. The fraction of sp³-hybridized carbons (Fsp3) is 0.519. The number of nitrogens with zero attached hydrogens (tertiary/aromatic N) is 1. The highest BCUT2D eigenvalue weighted by Crippen LogP contribution is 2.43. The fourth-order valence-corrected chi connectivity index (χ4v) is 5.77. The van der Waals surface area contributed by atoms with Crippen LogP contribution in [-0.2, 0) is 16.1 Å². The van der Waals surface area contributed by atoms with Gasteiger partial charge in [0.1, 0.15) is 0 Å². The minimum Gasteiger partial charge on any atom is -0.481 e. The van der Waals surface area contributed by atoms with E-state index < -0.39 is 11.9 Å². The number of carboxylic acids is 1. The van der Waals surface area contributed by atoms with Gasteiger partial charge >= 0.3 is 5.97 Å². The number of likely N-dealkylation sites (tertiary alicyclic amines) is 1. The van der Waals surface area contributed by atoms with Gasteiger partial charge in [0.2, 0.25) is 6.79 Å². The average molecular weight is 452 g/mol. The second-order valence-corrected chi connectivity index (χ2v) is 9.63. The van der Waals surface area contributed by atoms with Gasteiger partial charge in [-0.2, -0.15) is 0 Å². The quantitative estimate of drug-likeness (QED) is 0.656. The zero-order chi connectivity index (χ0) is 22.8. The number of rotatable bonds is 7. The molecular formula is C27H33NO5. The number of ether oxygens (including phenoxy) is 3. The van der Waals surface area contributed by atoms with Gasteiger partial charge in [-0.05, 0) is 62.3 Å². The molecule has 1 N–H and O–H groups in total. The normalized spacial score (nSPS) is 27.1. The number of fused-ring (bicyclic) bond motifs is 1. The molecule has 2 saturated heterocycles. The van der Waals surface area contributed by atoms with E-state index in [-0.39, 0.29) is 24.9 Å². The number of hydrogen-bond acceptors (Lipinski definition) is 5.